The molecule has 2 N–H and O–H groups in total. The summed E-state index contributed by atoms with van der Waals surface area (Å²) in [5.74, 6) is -0.407. The number of aliphatic hydroxyl groups excluding tert-OH is 1. The van der Waals surface area contributed by atoms with Gasteiger partial charge in [0.25, 0.3) is 0 Å². The third kappa shape index (κ3) is 3.70. The summed E-state index contributed by atoms with van der Waals surface area (Å²) in [6.45, 7) is 3.17. The Kier molecular flexibility index (Phi) is 4.75. The molecule has 2 aromatic rings. The van der Waals surface area contributed by atoms with E-state index >= 15 is 0 Å². The summed E-state index contributed by atoms with van der Waals surface area (Å²) in [6.07, 6.45) is 1.12. The van der Waals surface area contributed by atoms with Crippen LogP contribution < -0.4 is 5.32 Å². The molecule has 1 aromatic heterocycles. The number of nitrogens with one attached hydrogen (secondary N) is 1. The van der Waals surface area contributed by atoms with Crippen LogP contribution >= 0.6 is 0 Å². The molecule has 1 heterocycles. The number of furan rings is 1. The highest BCUT2D eigenvalue weighted by Crippen LogP contribution is 2.24. The van der Waals surface area contributed by atoms with E-state index < -0.39 is 11.9 Å². The maximum Gasteiger partial charge on any atom is 0.164 e. The van der Waals surface area contributed by atoms with Crippen LogP contribution in [0.5, 0.6) is 0 Å². The minimum absolute atomic E-state index is 0.0387. The van der Waals surface area contributed by atoms with Gasteiger partial charge in [-0.15, -0.1) is 0 Å². The van der Waals surface area contributed by atoms with Crippen LogP contribution in [0.4, 0.5) is 10.1 Å². The van der Waals surface area contributed by atoms with Gasteiger partial charge in [-0.1, -0.05) is 6.07 Å². The first-order valence-electron chi connectivity index (χ1n) is 6.76. The second kappa shape index (κ2) is 6.54. The Morgan fingerprint density at radius 2 is 2.14 bits per heavy atom. The zero-order valence-corrected chi connectivity index (χ0v) is 12.0. The van der Waals surface area contributed by atoms with E-state index in [-0.39, 0.29) is 17.4 Å². The number of Topliss-reactive ketones (excluding diaryl/α,β-unsaturated/α-hetero) is 1. The van der Waals surface area contributed by atoms with Crippen molar-refractivity contribution in [2.24, 2.45) is 0 Å². The summed E-state index contributed by atoms with van der Waals surface area (Å²) < 4.78 is 18.8. The molecule has 0 aliphatic heterocycles. The van der Waals surface area contributed by atoms with Gasteiger partial charge in [-0.2, -0.15) is 0 Å². The quantitative estimate of drug-likeness (QED) is 0.799. The zero-order chi connectivity index (χ0) is 15.4. The number of carbonyl (C=O) groups excluding carboxylic acids is 1. The van der Waals surface area contributed by atoms with Crippen molar-refractivity contribution >= 4 is 11.5 Å². The van der Waals surface area contributed by atoms with Crippen molar-refractivity contribution in [1.82, 2.24) is 0 Å². The molecule has 2 atom stereocenters. The van der Waals surface area contributed by atoms with Crippen LogP contribution in [0, 0.1) is 5.82 Å². The van der Waals surface area contributed by atoms with Crippen molar-refractivity contribution in [3.05, 3.63) is 53.7 Å². The van der Waals surface area contributed by atoms with E-state index in [0.29, 0.717) is 17.9 Å². The molecule has 1 aromatic carbocycles. The molecule has 0 fully saturated rings. The fourth-order valence-electron chi connectivity index (χ4n) is 2.26. The molecule has 0 saturated heterocycles. The average Bonchev–Trinajstić information content (AvgIpc) is 2.91. The minimum atomic E-state index is -0.753. The maximum absolute atomic E-state index is 13.7. The highest BCUT2D eigenvalue weighted by atomic mass is 19.1. The van der Waals surface area contributed by atoms with E-state index in [1.807, 2.05) is 6.92 Å². The lowest BCUT2D eigenvalue weighted by molar-refractivity contribution is 0.101. The van der Waals surface area contributed by atoms with Gasteiger partial charge in [-0.05, 0) is 38.1 Å². The lowest BCUT2D eigenvalue weighted by atomic mass is 10.1. The first kappa shape index (κ1) is 15.3. The number of halogens is 1. The molecule has 21 heavy (non-hydrogen) atoms. The molecule has 0 aliphatic carbocycles. The topological polar surface area (TPSA) is 62.5 Å². The Morgan fingerprint density at radius 1 is 1.38 bits per heavy atom. The third-order valence-electron chi connectivity index (χ3n) is 3.22. The van der Waals surface area contributed by atoms with Gasteiger partial charge in [0.1, 0.15) is 17.7 Å². The lowest BCUT2D eigenvalue weighted by Gasteiger charge is -2.19. The Balaban J connectivity index is 2.08. The van der Waals surface area contributed by atoms with Gasteiger partial charge in [0.2, 0.25) is 0 Å². The van der Waals surface area contributed by atoms with Gasteiger partial charge >= 0.3 is 0 Å². The molecule has 0 spiro atoms. The van der Waals surface area contributed by atoms with Crippen molar-refractivity contribution in [3.63, 3.8) is 0 Å². The molecule has 0 aliphatic rings. The molecule has 0 unspecified atom stereocenters. The summed E-state index contributed by atoms with van der Waals surface area (Å²) in [5.41, 5.74) is 0.471. The summed E-state index contributed by atoms with van der Waals surface area (Å²) in [4.78, 5) is 11.5. The van der Waals surface area contributed by atoms with E-state index in [9.17, 15) is 14.3 Å². The molecule has 0 saturated carbocycles. The molecule has 0 bridgehead atoms. The van der Waals surface area contributed by atoms with Crippen molar-refractivity contribution in [2.45, 2.75) is 32.4 Å². The number of ketones is 1. The van der Waals surface area contributed by atoms with E-state index in [1.54, 1.807) is 24.3 Å². The smallest absolute Gasteiger partial charge is 0.164 e. The Hall–Kier alpha value is -2.14. The second-order valence-electron chi connectivity index (χ2n) is 5.03. The van der Waals surface area contributed by atoms with Gasteiger partial charge in [0, 0.05) is 18.2 Å². The molecular weight excluding hydrogens is 273 g/mol. The molecule has 4 nitrogen and oxygen atoms in total. The van der Waals surface area contributed by atoms with Crippen molar-refractivity contribution in [1.29, 1.82) is 0 Å². The number of hydrogen-bond donors (Lipinski definition) is 2. The SMILES string of the molecule is CC(=O)c1c(F)cccc1N[C@H](C)C[C@H](O)c1ccco1. The number of hydrogen-bond acceptors (Lipinski definition) is 4. The summed E-state index contributed by atoms with van der Waals surface area (Å²) in [6, 6.07) is 7.68. The average molecular weight is 291 g/mol. The van der Waals surface area contributed by atoms with Crippen molar-refractivity contribution in [3.8, 4) is 0 Å². The fourth-order valence-corrected chi connectivity index (χ4v) is 2.26. The fraction of sp³-hybridized carbons (Fsp3) is 0.312. The highest BCUT2D eigenvalue weighted by Gasteiger charge is 2.18. The van der Waals surface area contributed by atoms with E-state index in [1.165, 1.54) is 19.3 Å². The maximum atomic E-state index is 13.7. The van der Waals surface area contributed by atoms with Crippen LogP contribution in [0.2, 0.25) is 0 Å². The van der Waals surface area contributed by atoms with Crippen LogP contribution in [0.3, 0.4) is 0 Å². The summed E-state index contributed by atoms with van der Waals surface area (Å²) in [7, 11) is 0. The third-order valence-corrected chi connectivity index (χ3v) is 3.22. The van der Waals surface area contributed by atoms with E-state index in [4.69, 9.17) is 4.42 Å². The monoisotopic (exact) mass is 291 g/mol. The Bertz CT molecular complexity index is 610. The largest absolute Gasteiger partial charge is 0.467 e. The standard InChI is InChI=1S/C16H18FNO3/c1-10(9-14(20)15-7-4-8-21-15)18-13-6-3-5-12(17)16(13)11(2)19/h3-8,10,14,18,20H,9H2,1-2H3/t10-,14+/m1/s1. The predicted octanol–water partition coefficient (Wildman–Crippen LogP) is 3.55. The van der Waals surface area contributed by atoms with Gasteiger partial charge in [-0.3, -0.25) is 4.79 Å². The molecule has 112 valence electrons. The number of carbonyl (C=O) groups is 1. The summed E-state index contributed by atoms with van der Waals surface area (Å²) in [5, 5.41) is 13.1. The van der Waals surface area contributed by atoms with E-state index in [2.05, 4.69) is 5.32 Å². The molecule has 2 rings (SSSR count). The minimum Gasteiger partial charge on any atom is -0.467 e. The first-order valence-corrected chi connectivity index (χ1v) is 6.76. The van der Waals surface area contributed by atoms with E-state index in [0.717, 1.165) is 0 Å². The van der Waals surface area contributed by atoms with Crippen LogP contribution in [0.15, 0.2) is 41.0 Å². The van der Waals surface area contributed by atoms with Gasteiger partial charge in [0.15, 0.2) is 5.78 Å². The molecule has 0 amide bonds. The number of rotatable bonds is 6. The number of anilines is 1. The van der Waals surface area contributed by atoms with Gasteiger partial charge in [-0.25, -0.2) is 4.39 Å². The Labute approximate surface area is 122 Å². The van der Waals surface area contributed by atoms with Gasteiger partial charge in [0.05, 0.1) is 11.8 Å². The first-order chi connectivity index (χ1) is 9.99. The number of benzene rings is 1. The molecule has 5 heteroatoms. The van der Waals surface area contributed by atoms with Crippen LogP contribution in [0.25, 0.3) is 0 Å². The normalized spacial score (nSPS) is 13.7. The lowest BCUT2D eigenvalue weighted by Crippen LogP contribution is -2.20. The van der Waals surface area contributed by atoms with Gasteiger partial charge < -0.3 is 14.8 Å². The van der Waals surface area contributed by atoms with Crippen LogP contribution in [0.1, 0.15) is 42.5 Å². The highest BCUT2D eigenvalue weighted by molar-refractivity contribution is 5.99. The summed E-state index contributed by atoms with van der Waals surface area (Å²) >= 11 is 0. The predicted molar refractivity (Wildman–Crippen MR) is 77.8 cm³/mol. The second-order valence-corrected chi connectivity index (χ2v) is 5.03. The van der Waals surface area contributed by atoms with Crippen LogP contribution in [-0.4, -0.2) is 16.9 Å². The molecular formula is C16H18FNO3. The Morgan fingerprint density at radius 3 is 2.76 bits per heavy atom. The molecule has 0 radical (unpaired) electrons. The van der Waals surface area contributed by atoms with Crippen LogP contribution in [-0.2, 0) is 0 Å². The van der Waals surface area contributed by atoms with Crippen molar-refractivity contribution < 1.29 is 18.7 Å². The zero-order valence-electron chi connectivity index (χ0n) is 12.0. The number of aliphatic hydroxyl groups is 1. The van der Waals surface area contributed by atoms with Crippen molar-refractivity contribution in [2.75, 3.05) is 5.32 Å².